The van der Waals surface area contributed by atoms with Gasteiger partial charge in [-0.05, 0) is 34.5 Å². The topological polar surface area (TPSA) is 122 Å². The Balaban J connectivity index is 2.41. The molecule has 0 aliphatic rings. The zero-order valence-electron chi connectivity index (χ0n) is 10.4. The fourth-order valence-electron chi connectivity index (χ4n) is 1.37. The van der Waals surface area contributed by atoms with E-state index in [-0.39, 0.29) is 12.8 Å². The van der Waals surface area contributed by atoms with Crippen molar-refractivity contribution in [1.82, 2.24) is 10.6 Å². The molecule has 0 aliphatic heterocycles. The molecule has 0 aliphatic carbocycles. The molecule has 7 nitrogen and oxygen atoms in total. The van der Waals surface area contributed by atoms with Crippen molar-refractivity contribution >= 4 is 45.2 Å². The summed E-state index contributed by atoms with van der Waals surface area (Å²) >= 11 is 4.77. The van der Waals surface area contributed by atoms with E-state index in [9.17, 15) is 14.4 Å². The first-order valence-corrected chi connectivity index (χ1v) is 7.29. The summed E-state index contributed by atoms with van der Waals surface area (Å²) in [6, 6.07) is 1.95. The van der Waals surface area contributed by atoms with Crippen molar-refractivity contribution in [2.45, 2.75) is 25.4 Å². The predicted octanol–water partition coefficient (Wildman–Crippen LogP) is 1.03. The molecular weight excluding hydrogens is 350 g/mol. The summed E-state index contributed by atoms with van der Waals surface area (Å²) in [7, 11) is 0. The van der Waals surface area contributed by atoms with Gasteiger partial charge in [0.15, 0.2) is 0 Å². The average Bonchev–Trinajstić information content (AvgIpc) is 2.77. The Bertz CT molecular complexity index is 506. The summed E-state index contributed by atoms with van der Waals surface area (Å²) in [5.74, 6) is -1.82. The zero-order chi connectivity index (χ0) is 15.1. The SMILES string of the molecule is NC(=O)CC[C@@H](NC(=O)NCc1ccc(Br)s1)C(=O)O. The number of amides is 3. The largest absolute Gasteiger partial charge is 0.480 e. The van der Waals surface area contributed by atoms with E-state index in [1.54, 1.807) is 0 Å². The first-order valence-electron chi connectivity index (χ1n) is 5.68. The Morgan fingerprint density at radius 3 is 2.60 bits per heavy atom. The lowest BCUT2D eigenvalue weighted by Crippen LogP contribution is -2.46. The van der Waals surface area contributed by atoms with Gasteiger partial charge >= 0.3 is 12.0 Å². The van der Waals surface area contributed by atoms with Crippen molar-refractivity contribution in [3.05, 3.63) is 20.8 Å². The van der Waals surface area contributed by atoms with Crippen molar-refractivity contribution in [2.75, 3.05) is 0 Å². The summed E-state index contributed by atoms with van der Waals surface area (Å²) < 4.78 is 0.944. The molecule has 0 aromatic carbocycles. The Kier molecular flexibility index (Phi) is 6.46. The molecular formula is C11H14BrN3O4S. The fraction of sp³-hybridized carbons (Fsp3) is 0.364. The van der Waals surface area contributed by atoms with Gasteiger partial charge in [-0.25, -0.2) is 9.59 Å². The Morgan fingerprint density at radius 1 is 1.40 bits per heavy atom. The highest BCUT2D eigenvalue weighted by atomic mass is 79.9. The van der Waals surface area contributed by atoms with E-state index in [1.165, 1.54) is 11.3 Å². The lowest BCUT2D eigenvalue weighted by molar-refractivity contribution is -0.139. The second-order valence-corrected chi connectivity index (χ2v) is 6.48. The standard InChI is InChI=1S/C11H14BrN3O4S/c12-8-3-1-6(20-8)5-14-11(19)15-7(10(17)18)2-4-9(13)16/h1,3,7H,2,4-5H2,(H2,13,16)(H,17,18)(H2,14,15,19)/t7-/m1/s1. The second kappa shape index (κ2) is 7.85. The molecule has 20 heavy (non-hydrogen) atoms. The van der Waals surface area contributed by atoms with Crippen LogP contribution in [0.3, 0.4) is 0 Å². The number of rotatable bonds is 7. The van der Waals surface area contributed by atoms with Crippen LogP contribution >= 0.6 is 27.3 Å². The minimum absolute atomic E-state index is 0.0391. The predicted molar refractivity (Wildman–Crippen MR) is 77.2 cm³/mol. The van der Waals surface area contributed by atoms with Gasteiger partial charge in [0.1, 0.15) is 6.04 Å². The minimum Gasteiger partial charge on any atom is -0.480 e. The Morgan fingerprint density at radius 2 is 2.10 bits per heavy atom. The average molecular weight is 364 g/mol. The van der Waals surface area contributed by atoms with E-state index < -0.39 is 23.9 Å². The van der Waals surface area contributed by atoms with Crippen LogP contribution in [0, 0.1) is 0 Å². The van der Waals surface area contributed by atoms with E-state index in [4.69, 9.17) is 10.8 Å². The van der Waals surface area contributed by atoms with E-state index >= 15 is 0 Å². The van der Waals surface area contributed by atoms with Crippen LogP contribution in [-0.2, 0) is 16.1 Å². The monoisotopic (exact) mass is 363 g/mol. The third kappa shape index (κ3) is 6.02. The second-order valence-electron chi connectivity index (χ2n) is 3.93. The first-order chi connectivity index (χ1) is 9.38. The molecule has 3 amide bonds. The Labute approximate surface area is 127 Å². The van der Waals surface area contributed by atoms with Gasteiger partial charge in [-0.2, -0.15) is 0 Å². The molecule has 1 heterocycles. The molecule has 1 aromatic rings. The van der Waals surface area contributed by atoms with Crippen LogP contribution in [0.5, 0.6) is 0 Å². The highest BCUT2D eigenvalue weighted by Gasteiger charge is 2.20. The third-order valence-corrected chi connectivity index (χ3v) is 3.96. The normalized spacial score (nSPS) is 11.7. The first kappa shape index (κ1) is 16.4. The van der Waals surface area contributed by atoms with Crippen molar-refractivity contribution in [3.63, 3.8) is 0 Å². The lowest BCUT2D eigenvalue weighted by Gasteiger charge is -2.14. The van der Waals surface area contributed by atoms with Crippen molar-refractivity contribution in [2.24, 2.45) is 5.73 Å². The van der Waals surface area contributed by atoms with Crippen LogP contribution in [0.1, 0.15) is 17.7 Å². The number of carboxylic acids is 1. The van der Waals surface area contributed by atoms with E-state index in [2.05, 4.69) is 26.6 Å². The zero-order valence-corrected chi connectivity index (χ0v) is 12.8. The number of nitrogens with one attached hydrogen (secondary N) is 2. The summed E-state index contributed by atoms with van der Waals surface area (Å²) in [6.45, 7) is 0.296. The maximum Gasteiger partial charge on any atom is 0.326 e. The minimum atomic E-state index is -1.21. The number of nitrogens with two attached hydrogens (primary N) is 1. The maximum absolute atomic E-state index is 11.6. The number of carboxylic acid groups (broad SMARTS) is 1. The number of hydrogen-bond donors (Lipinski definition) is 4. The highest BCUT2D eigenvalue weighted by molar-refractivity contribution is 9.11. The van der Waals surface area contributed by atoms with Gasteiger partial charge in [0.2, 0.25) is 5.91 Å². The lowest BCUT2D eigenvalue weighted by atomic mass is 10.1. The van der Waals surface area contributed by atoms with Crippen LogP contribution in [0.25, 0.3) is 0 Å². The van der Waals surface area contributed by atoms with Crippen LogP contribution < -0.4 is 16.4 Å². The highest BCUT2D eigenvalue weighted by Crippen LogP contribution is 2.21. The number of urea groups is 1. The van der Waals surface area contributed by atoms with Crippen LogP contribution in [0.2, 0.25) is 0 Å². The van der Waals surface area contributed by atoms with Gasteiger partial charge in [-0.1, -0.05) is 0 Å². The van der Waals surface area contributed by atoms with Crippen LogP contribution in [-0.4, -0.2) is 29.1 Å². The van der Waals surface area contributed by atoms with E-state index in [1.807, 2.05) is 12.1 Å². The number of primary amides is 1. The van der Waals surface area contributed by atoms with Gasteiger partial charge in [0.05, 0.1) is 10.3 Å². The summed E-state index contributed by atoms with van der Waals surface area (Å²) in [5.41, 5.74) is 4.95. The molecule has 1 rings (SSSR count). The molecule has 110 valence electrons. The molecule has 5 N–H and O–H groups in total. The summed E-state index contributed by atoms with van der Waals surface area (Å²) in [4.78, 5) is 34.1. The molecule has 1 aromatic heterocycles. The molecule has 0 saturated carbocycles. The van der Waals surface area contributed by atoms with Gasteiger partial charge < -0.3 is 21.5 Å². The molecule has 0 saturated heterocycles. The number of carbonyl (C=O) groups excluding carboxylic acids is 2. The number of halogens is 1. The van der Waals surface area contributed by atoms with Crippen molar-refractivity contribution in [1.29, 1.82) is 0 Å². The summed E-state index contributed by atoms with van der Waals surface area (Å²) in [5, 5.41) is 13.8. The smallest absolute Gasteiger partial charge is 0.326 e. The molecule has 0 spiro atoms. The number of hydrogen-bond acceptors (Lipinski definition) is 4. The van der Waals surface area contributed by atoms with Crippen LogP contribution in [0.4, 0.5) is 4.79 Å². The maximum atomic E-state index is 11.6. The van der Waals surface area contributed by atoms with Crippen molar-refractivity contribution in [3.8, 4) is 0 Å². The van der Waals surface area contributed by atoms with Gasteiger partial charge in [0.25, 0.3) is 0 Å². The summed E-state index contributed by atoms with van der Waals surface area (Å²) in [6.07, 6.45) is -0.141. The van der Waals surface area contributed by atoms with Crippen LogP contribution in [0.15, 0.2) is 15.9 Å². The molecule has 0 unspecified atom stereocenters. The van der Waals surface area contributed by atoms with Gasteiger partial charge in [0, 0.05) is 11.3 Å². The van der Waals surface area contributed by atoms with E-state index in [0.717, 1.165) is 8.66 Å². The molecule has 1 atom stereocenters. The molecule has 9 heteroatoms. The van der Waals surface area contributed by atoms with Gasteiger partial charge in [-0.15, -0.1) is 11.3 Å². The van der Waals surface area contributed by atoms with E-state index in [0.29, 0.717) is 6.54 Å². The molecule has 0 fully saturated rings. The molecule has 0 bridgehead atoms. The van der Waals surface area contributed by atoms with Gasteiger partial charge in [-0.3, -0.25) is 4.79 Å². The third-order valence-electron chi connectivity index (χ3n) is 2.33. The Hall–Kier alpha value is -1.61. The quantitative estimate of drug-likeness (QED) is 0.577. The fourth-order valence-corrected chi connectivity index (χ4v) is 2.79. The number of aliphatic carboxylic acids is 1. The number of carbonyl (C=O) groups is 3. The molecule has 0 radical (unpaired) electrons. The number of thiophene rings is 1. The van der Waals surface area contributed by atoms with Crippen molar-refractivity contribution < 1.29 is 19.5 Å².